The Morgan fingerprint density at radius 3 is 2.55 bits per heavy atom. The van der Waals surface area contributed by atoms with Gasteiger partial charge < -0.3 is 10.2 Å². The number of sulfonamides is 1. The first-order valence-corrected chi connectivity index (χ1v) is 8.64. The molecule has 0 heterocycles. The van der Waals surface area contributed by atoms with E-state index >= 15 is 0 Å². The zero-order valence-electron chi connectivity index (χ0n) is 12.3. The summed E-state index contributed by atoms with van der Waals surface area (Å²) in [6.45, 7) is 2.97. The molecule has 0 saturated heterocycles. The van der Waals surface area contributed by atoms with E-state index in [-0.39, 0.29) is 10.9 Å². The summed E-state index contributed by atoms with van der Waals surface area (Å²) in [6.07, 6.45) is 0. The predicted octanol–water partition coefficient (Wildman–Crippen LogP) is 1.40. The van der Waals surface area contributed by atoms with Gasteiger partial charge in [-0.1, -0.05) is 6.07 Å². The van der Waals surface area contributed by atoms with Crippen molar-refractivity contribution in [3.63, 3.8) is 0 Å². The fraction of sp³-hybridized carbons (Fsp3) is 0.538. The van der Waals surface area contributed by atoms with Gasteiger partial charge in [0.15, 0.2) is 0 Å². The van der Waals surface area contributed by atoms with Crippen LogP contribution >= 0.6 is 15.9 Å². The number of nitrogens with one attached hydrogen (secondary N) is 2. The van der Waals surface area contributed by atoms with Crippen LogP contribution < -0.4 is 10.0 Å². The first-order chi connectivity index (χ1) is 9.27. The normalized spacial score (nSPS) is 13.7. The van der Waals surface area contributed by atoms with E-state index in [1.165, 1.54) is 0 Å². The van der Waals surface area contributed by atoms with E-state index in [2.05, 4.69) is 26.0 Å². The average molecular weight is 364 g/mol. The van der Waals surface area contributed by atoms with Gasteiger partial charge in [0.1, 0.15) is 0 Å². The molecule has 0 spiro atoms. The van der Waals surface area contributed by atoms with Gasteiger partial charge in [0.25, 0.3) is 0 Å². The Labute approximate surface area is 129 Å². The topological polar surface area (TPSA) is 61.4 Å². The lowest BCUT2D eigenvalue weighted by Gasteiger charge is -2.20. The molecule has 7 heteroatoms. The second kappa shape index (κ2) is 7.51. The summed E-state index contributed by atoms with van der Waals surface area (Å²) in [5.41, 5.74) is 0.928. The van der Waals surface area contributed by atoms with Crippen LogP contribution in [0.15, 0.2) is 27.6 Å². The quantitative estimate of drug-likeness (QED) is 0.768. The largest absolute Gasteiger partial charge is 0.316 e. The highest BCUT2D eigenvalue weighted by atomic mass is 79.9. The van der Waals surface area contributed by atoms with Gasteiger partial charge in [-0.05, 0) is 61.7 Å². The van der Waals surface area contributed by atoms with Crippen molar-refractivity contribution < 1.29 is 8.42 Å². The third kappa shape index (κ3) is 4.82. The van der Waals surface area contributed by atoms with Crippen molar-refractivity contribution in [2.45, 2.75) is 24.4 Å². The van der Waals surface area contributed by atoms with Crippen molar-refractivity contribution >= 4 is 26.0 Å². The molecule has 1 atom stereocenters. The molecular weight excluding hydrogens is 342 g/mol. The Morgan fingerprint density at radius 2 is 2.00 bits per heavy atom. The summed E-state index contributed by atoms with van der Waals surface area (Å²) in [4.78, 5) is 2.24. The van der Waals surface area contributed by atoms with Crippen LogP contribution in [0.4, 0.5) is 0 Å². The molecule has 0 amide bonds. The van der Waals surface area contributed by atoms with Crippen molar-refractivity contribution in [1.82, 2.24) is 14.9 Å². The number of rotatable bonds is 7. The summed E-state index contributed by atoms with van der Waals surface area (Å²) in [7, 11) is 2.15. The van der Waals surface area contributed by atoms with Gasteiger partial charge in [-0.15, -0.1) is 0 Å². The lowest BCUT2D eigenvalue weighted by atomic mass is 10.2. The molecule has 1 rings (SSSR count). The minimum Gasteiger partial charge on any atom is -0.316 e. The summed E-state index contributed by atoms with van der Waals surface area (Å²) in [5, 5.41) is 3.01. The highest BCUT2D eigenvalue weighted by molar-refractivity contribution is 9.10. The molecule has 0 aliphatic rings. The zero-order chi connectivity index (χ0) is 15.3. The van der Waals surface area contributed by atoms with Crippen LogP contribution in [-0.2, 0) is 16.6 Å². The third-order valence-electron chi connectivity index (χ3n) is 3.12. The molecule has 0 radical (unpaired) electrons. The Hall–Kier alpha value is -0.470. The maximum atomic E-state index is 12.4. The van der Waals surface area contributed by atoms with Crippen molar-refractivity contribution in [1.29, 1.82) is 0 Å². The molecule has 0 aliphatic carbocycles. The van der Waals surface area contributed by atoms with Crippen LogP contribution in [0.5, 0.6) is 0 Å². The van der Waals surface area contributed by atoms with Crippen LogP contribution in [-0.4, -0.2) is 47.0 Å². The smallest absolute Gasteiger partial charge is 0.241 e. The molecule has 0 saturated carbocycles. The molecular formula is C13H22BrN3O2S. The first kappa shape index (κ1) is 17.6. The Balaban J connectivity index is 2.94. The Morgan fingerprint density at radius 1 is 1.35 bits per heavy atom. The van der Waals surface area contributed by atoms with E-state index in [1.54, 1.807) is 12.1 Å². The molecule has 0 aromatic heterocycles. The standard InChI is InChI=1S/C13H22BrN3O2S/c1-10(17(3)4)8-16-20(18,19)13-7-11(9-15-2)5-6-12(13)14/h5-7,10,15-16H,8-9H2,1-4H3. The minimum absolute atomic E-state index is 0.129. The fourth-order valence-electron chi connectivity index (χ4n) is 1.56. The number of hydrogen-bond acceptors (Lipinski definition) is 4. The number of halogens is 1. The van der Waals surface area contributed by atoms with Gasteiger partial charge in [-0.2, -0.15) is 0 Å². The van der Waals surface area contributed by atoms with Crippen LogP contribution in [0.3, 0.4) is 0 Å². The maximum Gasteiger partial charge on any atom is 0.241 e. The number of hydrogen-bond donors (Lipinski definition) is 2. The molecule has 2 N–H and O–H groups in total. The molecule has 1 unspecified atom stereocenters. The van der Waals surface area contributed by atoms with Crippen molar-refractivity contribution in [2.24, 2.45) is 0 Å². The average Bonchev–Trinajstić information content (AvgIpc) is 2.38. The van der Waals surface area contributed by atoms with E-state index in [0.29, 0.717) is 17.6 Å². The van der Waals surface area contributed by atoms with Crippen molar-refractivity contribution in [2.75, 3.05) is 27.7 Å². The fourth-order valence-corrected chi connectivity index (χ4v) is 3.69. The molecule has 1 aromatic carbocycles. The summed E-state index contributed by atoms with van der Waals surface area (Å²) in [5.74, 6) is 0. The van der Waals surface area contributed by atoms with E-state index in [1.807, 2.05) is 39.0 Å². The second-order valence-electron chi connectivity index (χ2n) is 4.96. The third-order valence-corrected chi connectivity index (χ3v) is 5.53. The van der Waals surface area contributed by atoms with Gasteiger partial charge in [-0.3, -0.25) is 0 Å². The highest BCUT2D eigenvalue weighted by Gasteiger charge is 2.19. The monoisotopic (exact) mass is 363 g/mol. The molecule has 0 bridgehead atoms. The first-order valence-electron chi connectivity index (χ1n) is 6.37. The number of likely N-dealkylation sites (N-methyl/N-ethyl adjacent to an activating group) is 1. The van der Waals surface area contributed by atoms with Gasteiger partial charge in [0.2, 0.25) is 10.0 Å². The lowest BCUT2D eigenvalue weighted by molar-refractivity contribution is 0.314. The molecule has 0 aliphatic heterocycles. The van der Waals surface area contributed by atoms with Crippen LogP contribution in [0, 0.1) is 0 Å². The molecule has 20 heavy (non-hydrogen) atoms. The van der Waals surface area contributed by atoms with E-state index in [4.69, 9.17) is 0 Å². The number of nitrogens with zero attached hydrogens (tertiary/aromatic N) is 1. The Bertz CT molecular complexity index is 547. The lowest BCUT2D eigenvalue weighted by Crippen LogP contribution is -2.38. The van der Waals surface area contributed by atoms with Gasteiger partial charge in [0, 0.05) is 23.6 Å². The predicted molar refractivity (Wildman–Crippen MR) is 85.2 cm³/mol. The number of benzene rings is 1. The summed E-state index contributed by atoms with van der Waals surface area (Å²) in [6, 6.07) is 5.46. The molecule has 0 fully saturated rings. The van der Waals surface area contributed by atoms with E-state index < -0.39 is 10.0 Å². The van der Waals surface area contributed by atoms with Crippen molar-refractivity contribution in [3.8, 4) is 0 Å². The Kier molecular flexibility index (Phi) is 6.60. The van der Waals surface area contributed by atoms with Gasteiger partial charge >= 0.3 is 0 Å². The minimum atomic E-state index is -3.51. The molecule has 1 aromatic rings. The van der Waals surface area contributed by atoms with E-state index in [9.17, 15) is 8.42 Å². The maximum absolute atomic E-state index is 12.4. The van der Waals surface area contributed by atoms with Gasteiger partial charge in [-0.25, -0.2) is 13.1 Å². The van der Waals surface area contributed by atoms with E-state index in [0.717, 1.165) is 5.56 Å². The highest BCUT2D eigenvalue weighted by Crippen LogP contribution is 2.23. The summed E-state index contributed by atoms with van der Waals surface area (Å²) < 4.78 is 27.9. The van der Waals surface area contributed by atoms with Crippen LogP contribution in [0.25, 0.3) is 0 Å². The molecule has 5 nitrogen and oxygen atoms in total. The van der Waals surface area contributed by atoms with Crippen LogP contribution in [0.1, 0.15) is 12.5 Å². The second-order valence-corrected chi connectivity index (χ2v) is 7.55. The summed E-state index contributed by atoms with van der Waals surface area (Å²) >= 11 is 3.30. The molecule has 114 valence electrons. The zero-order valence-corrected chi connectivity index (χ0v) is 14.7. The van der Waals surface area contributed by atoms with Crippen LogP contribution in [0.2, 0.25) is 0 Å². The van der Waals surface area contributed by atoms with Gasteiger partial charge in [0.05, 0.1) is 4.90 Å². The SMILES string of the molecule is CNCc1ccc(Br)c(S(=O)(=O)NCC(C)N(C)C)c1. The van der Waals surface area contributed by atoms with Crippen molar-refractivity contribution in [3.05, 3.63) is 28.2 Å².